The van der Waals surface area contributed by atoms with Crippen molar-refractivity contribution < 1.29 is 34.4 Å². The molecule has 0 aliphatic carbocycles. The summed E-state index contributed by atoms with van der Waals surface area (Å²) in [5.41, 5.74) is 4.91. The highest BCUT2D eigenvalue weighted by molar-refractivity contribution is 7.80. The van der Waals surface area contributed by atoms with Crippen LogP contribution in [0.4, 0.5) is 4.79 Å². The number of nitrogens with one attached hydrogen (secondary N) is 1. The molecule has 3 atom stereocenters. The molecule has 0 rings (SSSR count). The van der Waals surface area contributed by atoms with Crippen LogP contribution in [0, 0.1) is 0 Å². The minimum atomic E-state index is -1.18. The Balaban J connectivity index is 0. The molecule has 1 amide bonds. The van der Waals surface area contributed by atoms with E-state index in [1.165, 1.54) is 6.92 Å². The molecule has 22 heavy (non-hydrogen) atoms. The Morgan fingerprint density at radius 3 is 2.09 bits per heavy atom. The summed E-state index contributed by atoms with van der Waals surface area (Å²) < 4.78 is 4.72. The number of aliphatic hydroxyl groups excluding tert-OH is 1. The summed E-state index contributed by atoms with van der Waals surface area (Å²) in [4.78, 5) is 31.3. The number of carboxylic acid groups (broad SMARTS) is 2. The van der Waals surface area contributed by atoms with Crippen LogP contribution in [0.2, 0.25) is 0 Å². The number of rotatable bonds is 8. The molecule has 9 nitrogen and oxygen atoms in total. The summed E-state index contributed by atoms with van der Waals surface area (Å²) in [6.07, 6.45) is 0.00114. The molecule has 0 heterocycles. The fourth-order valence-electron chi connectivity index (χ4n) is 0.885. The van der Waals surface area contributed by atoms with Gasteiger partial charge in [0.15, 0.2) is 0 Å². The van der Waals surface area contributed by atoms with E-state index in [-0.39, 0.29) is 5.75 Å². The number of carboxylic acids is 2. The maximum atomic E-state index is 11.0. The lowest BCUT2D eigenvalue weighted by molar-refractivity contribution is -0.141. The lowest BCUT2D eigenvalue weighted by Gasteiger charge is -2.11. The van der Waals surface area contributed by atoms with E-state index < -0.39 is 36.2 Å². The van der Waals surface area contributed by atoms with Crippen molar-refractivity contribution in [2.24, 2.45) is 5.73 Å². The van der Waals surface area contributed by atoms with Gasteiger partial charge >= 0.3 is 18.0 Å². The van der Waals surface area contributed by atoms with Crippen LogP contribution in [0.25, 0.3) is 0 Å². The van der Waals surface area contributed by atoms with Gasteiger partial charge in [-0.3, -0.25) is 4.79 Å². The molecule has 10 heteroatoms. The number of aliphatic hydroxyl groups is 1. The molecule has 0 aliphatic heterocycles. The molecule has 0 radical (unpaired) electrons. The molecule has 6 N–H and O–H groups in total. The second-order valence-corrected chi connectivity index (χ2v) is 4.68. The van der Waals surface area contributed by atoms with Gasteiger partial charge in [0, 0.05) is 5.75 Å². The monoisotopic (exact) mass is 340 g/mol. The third kappa shape index (κ3) is 12.2. The van der Waals surface area contributed by atoms with E-state index in [0.717, 1.165) is 12.8 Å². The Hall–Kier alpha value is -1.52. The molecule has 0 unspecified atom stereocenters. The number of carbonyl (C=O) groups is 3. The molecular formula is C12H24N2O7S. The van der Waals surface area contributed by atoms with Gasteiger partial charge in [-0.2, -0.15) is 12.6 Å². The van der Waals surface area contributed by atoms with Gasteiger partial charge in [0.1, 0.15) is 12.1 Å². The summed E-state index contributed by atoms with van der Waals surface area (Å²) in [6.45, 7) is 3.61. The highest BCUT2D eigenvalue weighted by Gasteiger charge is 2.18. The SMILES string of the molecule is CCCCOC(=O)N[C@@H](CS)C(=O)O.C[C@@H](O)[C@H](N)C(=O)O. The molecule has 0 aliphatic rings. The number of unbranched alkanes of at least 4 members (excludes halogenated alkanes) is 1. The Bertz CT molecular complexity index is 352. The lowest BCUT2D eigenvalue weighted by atomic mass is 10.2. The van der Waals surface area contributed by atoms with Gasteiger partial charge in [-0.1, -0.05) is 13.3 Å². The molecule has 0 spiro atoms. The molecule has 0 fully saturated rings. The van der Waals surface area contributed by atoms with Crippen LogP contribution in [0.5, 0.6) is 0 Å². The maximum Gasteiger partial charge on any atom is 0.407 e. The van der Waals surface area contributed by atoms with Gasteiger partial charge in [-0.25, -0.2) is 9.59 Å². The van der Waals surface area contributed by atoms with Crippen molar-refractivity contribution in [3.63, 3.8) is 0 Å². The molecule has 130 valence electrons. The molecule has 0 aromatic carbocycles. The molecule has 0 saturated carbocycles. The van der Waals surface area contributed by atoms with Crippen molar-refractivity contribution in [3.05, 3.63) is 0 Å². The van der Waals surface area contributed by atoms with E-state index in [1.807, 2.05) is 6.92 Å². The number of hydrogen-bond acceptors (Lipinski definition) is 7. The van der Waals surface area contributed by atoms with E-state index in [9.17, 15) is 14.4 Å². The molecular weight excluding hydrogens is 316 g/mol. The molecule has 0 aromatic heterocycles. The minimum absolute atomic E-state index is 0.0399. The van der Waals surface area contributed by atoms with E-state index in [0.29, 0.717) is 6.61 Å². The Labute approximate surface area is 134 Å². The van der Waals surface area contributed by atoms with Crippen LogP contribution in [-0.4, -0.2) is 63.9 Å². The number of thiol groups is 1. The van der Waals surface area contributed by atoms with Gasteiger partial charge < -0.3 is 31.1 Å². The molecule has 0 bridgehead atoms. The maximum absolute atomic E-state index is 11.0. The van der Waals surface area contributed by atoms with Gasteiger partial charge in [0.05, 0.1) is 12.7 Å². The van der Waals surface area contributed by atoms with Crippen LogP contribution >= 0.6 is 12.6 Å². The van der Waals surface area contributed by atoms with Gasteiger partial charge in [-0.05, 0) is 13.3 Å². The highest BCUT2D eigenvalue weighted by atomic mass is 32.1. The normalized spacial score (nSPS) is 13.9. The standard InChI is InChI=1S/C8H15NO4S.C4H9NO3/c1-2-3-4-13-8(12)9-6(5-14)7(10)11;1-2(6)3(5)4(7)8/h6,14H,2-5H2,1H3,(H,9,12)(H,10,11);2-3,6H,5H2,1H3,(H,7,8)/t6-;2-,3+/m01/s1. The first-order valence-electron chi connectivity index (χ1n) is 6.60. The van der Waals surface area contributed by atoms with Crippen molar-refractivity contribution in [3.8, 4) is 0 Å². The molecule has 0 aromatic rings. The predicted molar refractivity (Wildman–Crippen MR) is 82.0 cm³/mol. The average molecular weight is 340 g/mol. The first-order chi connectivity index (χ1) is 10.2. The van der Waals surface area contributed by atoms with Crippen LogP contribution in [-0.2, 0) is 14.3 Å². The second kappa shape index (κ2) is 13.2. The number of carbonyl (C=O) groups excluding carboxylic acids is 1. The number of ether oxygens (including phenoxy) is 1. The van der Waals surface area contributed by atoms with Crippen molar-refractivity contribution in [2.75, 3.05) is 12.4 Å². The fraction of sp³-hybridized carbons (Fsp3) is 0.750. The van der Waals surface area contributed by atoms with Crippen molar-refractivity contribution in [2.45, 2.75) is 44.9 Å². The van der Waals surface area contributed by atoms with Crippen LogP contribution < -0.4 is 11.1 Å². The second-order valence-electron chi connectivity index (χ2n) is 4.31. The van der Waals surface area contributed by atoms with E-state index in [2.05, 4.69) is 17.9 Å². The summed E-state index contributed by atoms with van der Waals surface area (Å²) in [5, 5.41) is 27.3. The summed E-state index contributed by atoms with van der Waals surface area (Å²) in [7, 11) is 0. The number of amides is 1. The average Bonchev–Trinajstić information content (AvgIpc) is 2.44. The first kappa shape index (κ1) is 22.8. The summed E-state index contributed by atoms with van der Waals surface area (Å²) >= 11 is 3.79. The van der Waals surface area contributed by atoms with Crippen molar-refractivity contribution in [1.29, 1.82) is 0 Å². The zero-order valence-electron chi connectivity index (χ0n) is 12.6. The Kier molecular flexibility index (Phi) is 13.6. The van der Waals surface area contributed by atoms with Gasteiger partial charge in [-0.15, -0.1) is 0 Å². The number of nitrogens with two attached hydrogens (primary N) is 1. The zero-order chi connectivity index (χ0) is 17.7. The topological polar surface area (TPSA) is 159 Å². The largest absolute Gasteiger partial charge is 0.480 e. The third-order valence-corrected chi connectivity index (χ3v) is 2.67. The number of alkyl carbamates (subject to hydrolysis) is 1. The molecule has 0 saturated heterocycles. The predicted octanol–water partition coefficient (Wildman–Crippen LogP) is -0.325. The third-order valence-electron chi connectivity index (χ3n) is 2.31. The van der Waals surface area contributed by atoms with E-state index in [4.69, 9.17) is 25.8 Å². The van der Waals surface area contributed by atoms with Crippen LogP contribution in [0.1, 0.15) is 26.7 Å². The first-order valence-corrected chi connectivity index (χ1v) is 7.23. The smallest absolute Gasteiger partial charge is 0.407 e. The minimum Gasteiger partial charge on any atom is -0.480 e. The van der Waals surface area contributed by atoms with Gasteiger partial charge in [0.25, 0.3) is 0 Å². The lowest BCUT2D eigenvalue weighted by Crippen LogP contribution is -2.42. The highest BCUT2D eigenvalue weighted by Crippen LogP contribution is 1.92. The van der Waals surface area contributed by atoms with Gasteiger partial charge in [0.2, 0.25) is 0 Å². The number of aliphatic carboxylic acids is 2. The van der Waals surface area contributed by atoms with Crippen LogP contribution in [0.15, 0.2) is 0 Å². The fourth-order valence-corrected chi connectivity index (χ4v) is 1.13. The summed E-state index contributed by atoms with van der Waals surface area (Å²) in [6, 6.07) is -2.15. The summed E-state index contributed by atoms with van der Waals surface area (Å²) in [5.74, 6) is -2.26. The van der Waals surface area contributed by atoms with Crippen molar-refractivity contribution >= 4 is 30.7 Å². The Morgan fingerprint density at radius 2 is 1.82 bits per heavy atom. The van der Waals surface area contributed by atoms with Crippen molar-refractivity contribution in [1.82, 2.24) is 5.32 Å². The quantitative estimate of drug-likeness (QED) is 0.259. The van der Waals surface area contributed by atoms with Crippen LogP contribution in [0.3, 0.4) is 0 Å². The number of hydrogen-bond donors (Lipinski definition) is 6. The van der Waals surface area contributed by atoms with E-state index in [1.54, 1.807) is 0 Å². The Morgan fingerprint density at radius 1 is 1.27 bits per heavy atom. The van der Waals surface area contributed by atoms with E-state index >= 15 is 0 Å². The zero-order valence-corrected chi connectivity index (χ0v) is 13.5.